The molecule has 2 N–H and O–H groups in total. The molecule has 7 nitrogen and oxygen atoms in total. The van der Waals surface area contributed by atoms with Crippen LogP contribution in [0.5, 0.6) is 0 Å². The number of benzene rings is 2. The van der Waals surface area contributed by atoms with E-state index in [1.807, 2.05) is 6.07 Å². The molecule has 0 saturated carbocycles. The topological polar surface area (TPSA) is 81.8 Å². The largest absolute Gasteiger partial charge is 0.369 e. The number of rotatable bonds is 9. The van der Waals surface area contributed by atoms with Crippen molar-refractivity contribution in [1.29, 1.82) is 0 Å². The number of hydrogen-bond acceptors (Lipinski definition) is 6. The molecule has 1 aliphatic heterocycles. The van der Waals surface area contributed by atoms with Crippen molar-refractivity contribution in [2.24, 2.45) is 0 Å². The van der Waals surface area contributed by atoms with Crippen molar-refractivity contribution in [1.82, 2.24) is 10.2 Å². The van der Waals surface area contributed by atoms with Gasteiger partial charge in [-0.05, 0) is 48.2 Å². The lowest BCUT2D eigenvalue weighted by Crippen LogP contribution is -2.52. The molecule has 0 spiro atoms. The van der Waals surface area contributed by atoms with E-state index in [0.29, 0.717) is 12.2 Å². The first-order chi connectivity index (χ1) is 16.4. The second-order valence-electron chi connectivity index (χ2n) is 8.42. The molecule has 0 bridgehead atoms. The van der Waals surface area contributed by atoms with Crippen LogP contribution in [0.4, 0.5) is 11.4 Å². The number of carbonyl (C=O) groups is 1. The highest BCUT2D eigenvalue weighted by Gasteiger charge is 2.21. The van der Waals surface area contributed by atoms with Gasteiger partial charge in [-0.1, -0.05) is 36.4 Å². The molecule has 1 atom stereocenters. The van der Waals surface area contributed by atoms with Crippen LogP contribution in [0.2, 0.25) is 0 Å². The Balaban J connectivity index is 1.20. The van der Waals surface area contributed by atoms with Crippen LogP contribution in [0.3, 0.4) is 0 Å². The van der Waals surface area contributed by atoms with Crippen LogP contribution in [0.1, 0.15) is 12.5 Å². The number of anilines is 2. The SMILES string of the molecule is CC(CNC(=O)Cc1ccc(NS(=O)(=O)c2cccs2)cc1)N1CCN(c2ccccc2)CC1. The molecule has 0 radical (unpaired) electrons. The molecule has 1 aliphatic rings. The Labute approximate surface area is 205 Å². The van der Waals surface area contributed by atoms with Crippen LogP contribution in [0.25, 0.3) is 0 Å². The number of amides is 1. The molecule has 0 aliphatic carbocycles. The lowest BCUT2D eigenvalue weighted by Gasteiger charge is -2.39. The van der Waals surface area contributed by atoms with Gasteiger partial charge in [-0.3, -0.25) is 14.4 Å². The van der Waals surface area contributed by atoms with E-state index < -0.39 is 10.0 Å². The van der Waals surface area contributed by atoms with Crippen LogP contribution in [-0.2, 0) is 21.2 Å². The maximum Gasteiger partial charge on any atom is 0.271 e. The minimum atomic E-state index is -3.57. The van der Waals surface area contributed by atoms with Crippen LogP contribution < -0.4 is 14.9 Å². The van der Waals surface area contributed by atoms with Gasteiger partial charge in [0.05, 0.1) is 6.42 Å². The number of hydrogen-bond donors (Lipinski definition) is 2. The number of sulfonamides is 1. The van der Waals surface area contributed by atoms with Crippen LogP contribution >= 0.6 is 11.3 Å². The van der Waals surface area contributed by atoms with Gasteiger partial charge in [0.15, 0.2) is 0 Å². The van der Waals surface area contributed by atoms with Gasteiger partial charge in [0, 0.05) is 50.1 Å². The predicted molar refractivity (Wildman–Crippen MR) is 138 cm³/mol. The van der Waals surface area contributed by atoms with Gasteiger partial charge in [-0.15, -0.1) is 11.3 Å². The van der Waals surface area contributed by atoms with E-state index >= 15 is 0 Å². The van der Waals surface area contributed by atoms with Gasteiger partial charge in [0.1, 0.15) is 4.21 Å². The number of nitrogens with one attached hydrogen (secondary N) is 2. The molecule has 9 heteroatoms. The normalized spacial score (nSPS) is 15.6. The second-order valence-corrected chi connectivity index (χ2v) is 11.3. The molecular weight excluding hydrogens is 468 g/mol. The molecule has 180 valence electrons. The average Bonchev–Trinajstić information content (AvgIpc) is 3.41. The number of para-hydroxylation sites is 1. The zero-order valence-corrected chi connectivity index (χ0v) is 20.8. The number of thiophene rings is 1. The highest BCUT2D eigenvalue weighted by atomic mass is 32.2. The van der Waals surface area contributed by atoms with Gasteiger partial charge in [-0.2, -0.15) is 0 Å². The summed E-state index contributed by atoms with van der Waals surface area (Å²) in [6, 6.07) is 20.9. The zero-order valence-electron chi connectivity index (χ0n) is 19.2. The smallest absolute Gasteiger partial charge is 0.271 e. The number of nitrogens with zero attached hydrogens (tertiary/aromatic N) is 2. The summed E-state index contributed by atoms with van der Waals surface area (Å²) < 4.78 is 27.5. The van der Waals surface area contributed by atoms with E-state index in [1.165, 1.54) is 17.0 Å². The number of piperazine rings is 1. The van der Waals surface area contributed by atoms with E-state index in [9.17, 15) is 13.2 Å². The van der Waals surface area contributed by atoms with Crippen LogP contribution in [0, 0.1) is 0 Å². The van der Waals surface area contributed by atoms with E-state index in [1.54, 1.807) is 41.8 Å². The van der Waals surface area contributed by atoms with Gasteiger partial charge >= 0.3 is 0 Å². The Morgan fingerprint density at radius 1 is 0.971 bits per heavy atom. The first-order valence-corrected chi connectivity index (χ1v) is 13.7. The molecule has 1 aromatic heterocycles. The molecular formula is C25H30N4O3S2. The maximum atomic E-state index is 12.5. The molecule has 2 heterocycles. The van der Waals surface area contributed by atoms with Crippen molar-refractivity contribution in [3.63, 3.8) is 0 Å². The summed E-state index contributed by atoms with van der Waals surface area (Å²) in [5.74, 6) is -0.0401. The van der Waals surface area contributed by atoms with Crippen molar-refractivity contribution in [3.05, 3.63) is 77.7 Å². The minimum Gasteiger partial charge on any atom is -0.369 e. The molecule has 1 saturated heterocycles. The molecule has 2 aromatic carbocycles. The fraction of sp³-hybridized carbons (Fsp3) is 0.320. The van der Waals surface area contributed by atoms with Crippen molar-refractivity contribution < 1.29 is 13.2 Å². The predicted octanol–water partition coefficient (Wildman–Crippen LogP) is 3.42. The summed E-state index contributed by atoms with van der Waals surface area (Å²) >= 11 is 1.17. The maximum absolute atomic E-state index is 12.5. The van der Waals surface area contributed by atoms with Gasteiger partial charge < -0.3 is 10.2 Å². The Hall–Kier alpha value is -2.88. The van der Waals surface area contributed by atoms with Gasteiger partial charge in [0.2, 0.25) is 5.91 Å². The van der Waals surface area contributed by atoms with E-state index in [4.69, 9.17) is 0 Å². The van der Waals surface area contributed by atoms with E-state index in [-0.39, 0.29) is 22.6 Å². The highest BCUT2D eigenvalue weighted by molar-refractivity contribution is 7.94. The third kappa shape index (κ3) is 6.37. The first kappa shape index (κ1) is 24.3. The van der Waals surface area contributed by atoms with Crippen LogP contribution in [-0.4, -0.2) is 58.0 Å². The Kier molecular flexibility index (Phi) is 7.87. The van der Waals surface area contributed by atoms with Gasteiger partial charge in [-0.25, -0.2) is 8.42 Å². The summed E-state index contributed by atoms with van der Waals surface area (Å²) in [6.45, 7) is 6.63. The summed E-state index contributed by atoms with van der Waals surface area (Å²) in [5, 5.41) is 4.76. The van der Waals surface area contributed by atoms with Crippen molar-refractivity contribution in [3.8, 4) is 0 Å². The van der Waals surface area contributed by atoms with Crippen molar-refractivity contribution in [2.45, 2.75) is 23.6 Å². The Morgan fingerprint density at radius 3 is 2.32 bits per heavy atom. The zero-order chi connectivity index (χ0) is 24.0. The van der Waals surface area contributed by atoms with Gasteiger partial charge in [0.25, 0.3) is 10.0 Å². The average molecular weight is 499 g/mol. The molecule has 1 amide bonds. The Morgan fingerprint density at radius 2 is 1.68 bits per heavy atom. The fourth-order valence-electron chi connectivity index (χ4n) is 4.01. The van der Waals surface area contributed by atoms with Crippen LogP contribution in [0.15, 0.2) is 76.3 Å². The second kappa shape index (κ2) is 11.0. The first-order valence-electron chi connectivity index (χ1n) is 11.4. The van der Waals surface area contributed by atoms with E-state index in [0.717, 1.165) is 31.7 Å². The third-order valence-electron chi connectivity index (χ3n) is 5.98. The minimum absolute atomic E-state index is 0.0401. The third-order valence-corrected chi connectivity index (χ3v) is 8.76. The Bertz CT molecular complexity index is 1160. The quantitative estimate of drug-likeness (QED) is 0.473. The number of carbonyl (C=O) groups excluding carboxylic acids is 1. The summed E-state index contributed by atoms with van der Waals surface area (Å²) in [5.41, 5.74) is 2.56. The molecule has 1 unspecified atom stereocenters. The molecule has 34 heavy (non-hydrogen) atoms. The lowest BCUT2D eigenvalue weighted by molar-refractivity contribution is -0.120. The summed E-state index contributed by atoms with van der Waals surface area (Å²) in [6.07, 6.45) is 0.256. The molecule has 1 fully saturated rings. The summed E-state index contributed by atoms with van der Waals surface area (Å²) in [4.78, 5) is 17.3. The van der Waals surface area contributed by atoms with Crippen molar-refractivity contribution in [2.75, 3.05) is 42.3 Å². The lowest BCUT2D eigenvalue weighted by atomic mass is 10.1. The highest BCUT2D eigenvalue weighted by Crippen LogP contribution is 2.21. The van der Waals surface area contributed by atoms with E-state index in [2.05, 4.69) is 51.0 Å². The molecule has 4 rings (SSSR count). The molecule has 3 aromatic rings. The standard InChI is InChI=1S/C25H30N4O3S2/c1-20(28-13-15-29(16-14-28)23-6-3-2-4-7-23)19-26-24(30)18-21-9-11-22(12-10-21)27-34(31,32)25-8-5-17-33-25/h2-12,17,20,27H,13-16,18-19H2,1H3,(H,26,30). The van der Waals surface area contributed by atoms with Crippen molar-refractivity contribution >= 4 is 38.6 Å². The summed E-state index contributed by atoms with van der Waals surface area (Å²) in [7, 11) is -3.57. The fourth-order valence-corrected chi connectivity index (χ4v) is 6.06. The monoisotopic (exact) mass is 498 g/mol.